The summed E-state index contributed by atoms with van der Waals surface area (Å²) in [6.45, 7) is 43.3. The van der Waals surface area contributed by atoms with Crippen molar-refractivity contribution in [3.63, 3.8) is 0 Å². The molecule has 6 bridgehead atoms. The maximum Gasteiger partial charge on any atom is 1.00 e. The minimum absolute atomic E-state index is 0. The molecule has 0 aliphatic carbocycles. The van der Waals surface area contributed by atoms with Crippen molar-refractivity contribution in [3.05, 3.63) is 17.9 Å². The van der Waals surface area contributed by atoms with Gasteiger partial charge in [-0.3, -0.25) is 19.6 Å². The summed E-state index contributed by atoms with van der Waals surface area (Å²) >= 11 is 9.77. The molecule has 0 aromatic rings. The van der Waals surface area contributed by atoms with Crippen LogP contribution in [0.2, 0.25) is 0 Å². The van der Waals surface area contributed by atoms with Crippen molar-refractivity contribution in [1.29, 1.82) is 31.6 Å². The number of fused-ring (bicyclic) bond motifs is 63. The first-order valence-electron chi connectivity index (χ1n) is 34.5. The van der Waals surface area contributed by atoms with E-state index in [9.17, 15) is 0 Å². The molecule has 0 unspecified atom stereocenters. The molecule has 0 amide bonds. The predicted octanol–water partition coefficient (Wildman–Crippen LogP) is -12.4. The van der Waals surface area contributed by atoms with Crippen molar-refractivity contribution < 1.29 is 272 Å². The van der Waals surface area contributed by atoms with Gasteiger partial charge in [-0.2, -0.15) is 10.5 Å². The fourth-order valence-corrected chi connectivity index (χ4v) is 9.20. The monoisotopic (exact) mass is 1910 g/mol. The largest absolute Gasteiger partial charge is 1.00 e. The van der Waals surface area contributed by atoms with Crippen LogP contribution >= 0.6 is 0 Å². The van der Waals surface area contributed by atoms with E-state index in [0.29, 0.717) is 216 Å². The van der Waals surface area contributed by atoms with Crippen LogP contribution in [-0.4, -0.2) is 439 Å². The summed E-state index contributed by atoms with van der Waals surface area (Å²) < 4.78 is 104. The molecule has 0 saturated carbocycles. The second-order valence-electron chi connectivity index (χ2n) is 21.6. The normalized spacial score (nSPS) is 24.7. The molecule has 9 rings (SSSR count). The van der Waals surface area contributed by atoms with Crippen LogP contribution in [0.25, 0.3) is 0 Å². The number of nitrogens with zero attached hydrogens (tertiary/aromatic N) is 10. The van der Waals surface area contributed by atoms with E-state index in [0.717, 1.165) is 157 Å². The van der Waals surface area contributed by atoms with Gasteiger partial charge in [-0.25, -0.2) is 0 Å². The number of hydrogen-bond acceptors (Lipinski definition) is 28. The fourth-order valence-electron chi connectivity index (χ4n) is 8.82. The molecule has 0 aromatic heterocycles. The van der Waals surface area contributed by atoms with Gasteiger partial charge < -0.3 is 95.1 Å². The van der Waals surface area contributed by atoms with Gasteiger partial charge in [-0.05, 0) is 0 Å². The van der Waals surface area contributed by atoms with Crippen molar-refractivity contribution in [1.82, 2.24) is 19.6 Å². The Morgan fingerprint density at radius 1 is 0.221 bits per heavy atom. The molecule has 0 spiro atoms. The summed E-state index contributed by atoms with van der Waals surface area (Å²) in [5.41, 5.74) is 0. The Kier molecular flexibility index (Phi) is 106. The minimum atomic E-state index is 0. The van der Waals surface area contributed by atoms with Crippen molar-refractivity contribution in [2.75, 3.05) is 356 Å². The van der Waals surface area contributed by atoms with Crippen LogP contribution in [0, 0.1) is 68.0 Å². The van der Waals surface area contributed by atoms with E-state index in [1.165, 1.54) is 23.6 Å². The van der Waals surface area contributed by atoms with Gasteiger partial charge >= 0.3 is 304 Å². The first-order valence-corrected chi connectivity index (χ1v) is 37.9. The summed E-state index contributed by atoms with van der Waals surface area (Å²) in [6.07, 6.45) is 0. The topological polar surface area (TPSA) is 331 Å². The van der Waals surface area contributed by atoms with E-state index in [2.05, 4.69) is 83.7 Å². The smallest absolute Gasteiger partial charge is 1.00 e. The van der Waals surface area contributed by atoms with Gasteiger partial charge in [0.1, 0.15) is 39.3 Å². The standard InChI is InChI=1S/3C18H36N2O6.2C4H2N2Se2.2C2H3N.Ag.3K/c3*1-7-21-13-14-24-10-4-20-5-11-25-17-15-22-8-2-19(1)3-9-23-16-18-26-12-6-20;2*5-1-3(7)4(8)2-6;2*1-2-3;;;;/h3*1-18H2;2*7-8H;2*1H3;;;;/q;;;;;;;4*+1/p-2/b;;;2*4-3-;;;;;;. The summed E-state index contributed by atoms with van der Waals surface area (Å²) in [7, 11) is 0. The maximum absolute atomic E-state index is 8.13. The number of quaternary nitrogens is 2. The Morgan fingerprint density at radius 3 is 0.413 bits per heavy atom. The number of hydrogen-bond donors (Lipinski definition) is 2. The van der Waals surface area contributed by atoms with Gasteiger partial charge in [-0.15, -0.1) is 0 Å². The van der Waals surface area contributed by atoms with Gasteiger partial charge in [0.15, 0.2) is 0 Å². The molecule has 584 valence electrons. The predicted molar refractivity (Wildman–Crippen MR) is 374 cm³/mol. The van der Waals surface area contributed by atoms with E-state index in [1.807, 2.05) is 0 Å². The molecule has 104 heavy (non-hydrogen) atoms. The molecule has 2 N–H and O–H groups in total. The van der Waals surface area contributed by atoms with Crippen LogP contribution in [0.5, 0.6) is 0 Å². The van der Waals surface area contributed by atoms with Gasteiger partial charge in [0, 0.05) is 92.4 Å². The number of nitrogens with one attached hydrogen (secondary N) is 2. The average molecular weight is 1910 g/mol. The molecular formula is C66H116AgK3N12O18Se4+2. The number of rotatable bonds is 0. The second-order valence-corrected chi connectivity index (χ2v) is 25.0. The zero-order valence-electron chi connectivity index (χ0n) is 62.9. The first-order chi connectivity index (χ1) is 49.1. The maximum atomic E-state index is 8.13. The zero-order chi connectivity index (χ0) is 72.9. The van der Waals surface area contributed by atoms with E-state index >= 15 is 0 Å². The van der Waals surface area contributed by atoms with Gasteiger partial charge in [-0.1, -0.05) is 0 Å². The van der Waals surface area contributed by atoms with E-state index in [4.69, 9.17) is 117 Å². The van der Waals surface area contributed by atoms with Crippen LogP contribution in [-0.2, 0) is 108 Å². The fraction of sp³-hybridized carbons (Fsp3) is 0.848. The molecule has 38 heteroatoms. The Labute approximate surface area is 798 Å². The number of nitriles is 6. The second kappa shape index (κ2) is 95.0. The molecule has 9 heterocycles. The Bertz CT molecular complexity index is 1750. The van der Waals surface area contributed by atoms with Crippen molar-refractivity contribution in [3.8, 4) is 36.4 Å². The average Bonchev–Trinajstić information content (AvgIpc) is 1.31. The molecule has 9 fully saturated rings. The molecule has 0 aromatic carbocycles. The summed E-state index contributed by atoms with van der Waals surface area (Å²) in [5, 5.41) is 47.1. The summed E-state index contributed by atoms with van der Waals surface area (Å²) in [6, 6.07) is 10.6. The number of allylic oxidation sites excluding steroid dienone is 4. The Hall–Kier alpha value is 3.19. The number of ether oxygens (including phenoxy) is 18. The summed E-state index contributed by atoms with van der Waals surface area (Å²) in [4.78, 5) is 12.1. The van der Waals surface area contributed by atoms with E-state index < -0.39 is 0 Å². The molecule has 30 nitrogen and oxygen atoms in total. The van der Waals surface area contributed by atoms with Crippen LogP contribution in [0.3, 0.4) is 0 Å². The van der Waals surface area contributed by atoms with Crippen LogP contribution in [0.15, 0.2) is 17.9 Å². The molecule has 9 saturated heterocycles. The van der Waals surface area contributed by atoms with Crippen molar-refractivity contribution in [2.45, 2.75) is 13.8 Å². The van der Waals surface area contributed by atoms with Crippen LogP contribution in [0.1, 0.15) is 13.8 Å². The quantitative estimate of drug-likeness (QED) is 0.168. The SMILES string of the molecule is C1COCCN2CCOCCOCCN(CCO1)CCOCCOCC2.C1COCCN2CCOCCOCCN(CCO1)CCOCCOCC2.C1COCC[NH+]2CCOCCOCC[NH+](CCO1)CCOCCOCC2.CC#N.CC#N.N#C/C([Se-])=C(/[Se-])C#N.N#C/C([Se-])=C(/[Se-])C#N.[Ag+].[K+].[K+].[K+]. The van der Waals surface area contributed by atoms with E-state index in [1.54, 1.807) is 36.4 Å². The van der Waals surface area contributed by atoms with Gasteiger partial charge in [0.25, 0.3) is 0 Å². The van der Waals surface area contributed by atoms with Gasteiger partial charge in [0.05, 0.1) is 250 Å². The van der Waals surface area contributed by atoms with Crippen molar-refractivity contribution in [2.24, 2.45) is 0 Å². The Balaban J connectivity index is -0.000000404. The molecular weight excluding hydrogens is 1790 g/mol. The summed E-state index contributed by atoms with van der Waals surface area (Å²) in [5.74, 6) is 0. The zero-order valence-corrected chi connectivity index (χ0v) is 80.6. The Morgan fingerprint density at radius 2 is 0.317 bits per heavy atom. The van der Waals surface area contributed by atoms with Crippen molar-refractivity contribution >= 4 is 64.1 Å². The third-order valence-corrected chi connectivity index (χ3v) is 18.2. The van der Waals surface area contributed by atoms with Crippen LogP contribution in [0.4, 0.5) is 0 Å². The third-order valence-electron chi connectivity index (χ3n) is 14.4. The minimum Gasteiger partial charge on any atom is 1.00 e. The molecule has 0 atom stereocenters. The third kappa shape index (κ3) is 81.7. The first kappa shape index (κ1) is 116. The van der Waals surface area contributed by atoms with E-state index in [-0.39, 0.29) is 177 Å². The molecule has 9 aliphatic rings. The molecule has 9 aliphatic heterocycles. The van der Waals surface area contributed by atoms with Crippen LogP contribution < -0.4 is 164 Å². The van der Waals surface area contributed by atoms with Gasteiger partial charge in [0.2, 0.25) is 0 Å². The molecule has 0 radical (unpaired) electrons.